The summed E-state index contributed by atoms with van der Waals surface area (Å²) >= 11 is 0. The van der Waals surface area contributed by atoms with Crippen LogP contribution >= 0.6 is 7.82 Å². The number of unbranched alkanes of at least 4 members (excludes halogenated alkanes) is 2. The molecule has 0 N–H and O–H groups in total. The fourth-order valence-corrected chi connectivity index (χ4v) is 2.87. The van der Waals surface area contributed by atoms with Crippen LogP contribution in [0.25, 0.3) is 0 Å². The Morgan fingerprint density at radius 3 is 1.83 bits per heavy atom. The van der Waals surface area contributed by atoms with Crippen molar-refractivity contribution < 1.29 is 18.1 Å². The minimum atomic E-state index is -3.36. The van der Waals surface area contributed by atoms with Crippen LogP contribution in [0.2, 0.25) is 0 Å². The van der Waals surface area contributed by atoms with E-state index in [1.54, 1.807) is 0 Å². The third kappa shape index (κ3) is 9.09. The number of hydrogen-bond acceptors (Lipinski definition) is 4. The number of phosphoric acid groups is 1. The first kappa shape index (κ1) is 18.1. The van der Waals surface area contributed by atoms with Crippen molar-refractivity contribution >= 4 is 7.82 Å². The highest BCUT2D eigenvalue weighted by molar-refractivity contribution is 7.48. The maximum Gasteiger partial charge on any atom is 0.475 e. The quantitative estimate of drug-likeness (QED) is 0.375. The highest BCUT2D eigenvalue weighted by atomic mass is 31.2. The van der Waals surface area contributed by atoms with Crippen LogP contribution in [0.15, 0.2) is 0 Å². The Morgan fingerprint density at radius 1 is 0.944 bits per heavy atom. The second kappa shape index (κ2) is 11.0. The maximum atomic E-state index is 12.4. The average molecular weight is 280 g/mol. The van der Waals surface area contributed by atoms with E-state index < -0.39 is 7.82 Å². The molecule has 0 aromatic heterocycles. The lowest BCUT2D eigenvalue weighted by molar-refractivity contribution is 0.0795. The van der Waals surface area contributed by atoms with Crippen LogP contribution in [-0.4, -0.2) is 19.3 Å². The molecule has 0 aliphatic carbocycles. The van der Waals surface area contributed by atoms with Crippen molar-refractivity contribution in [3.8, 4) is 0 Å². The highest BCUT2D eigenvalue weighted by Crippen LogP contribution is 2.51. The van der Waals surface area contributed by atoms with Crippen molar-refractivity contribution in [1.29, 1.82) is 0 Å². The molecule has 0 heterocycles. The lowest BCUT2D eigenvalue weighted by Crippen LogP contribution is -2.10. The van der Waals surface area contributed by atoms with Crippen LogP contribution in [-0.2, 0) is 18.1 Å². The smallest absolute Gasteiger partial charge is 0.287 e. The van der Waals surface area contributed by atoms with Gasteiger partial charge in [-0.1, -0.05) is 40.0 Å². The number of phosphoric ester groups is 1. The summed E-state index contributed by atoms with van der Waals surface area (Å²) in [5, 5.41) is 0. The Kier molecular flexibility index (Phi) is 11.0. The molecule has 0 aliphatic heterocycles. The second-order valence-corrected chi connectivity index (χ2v) is 6.15. The Labute approximate surface area is 112 Å². The third-order valence-corrected chi connectivity index (χ3v) is 4.11. The largest absolute Gasteiger partial charge is 0.475 e. The van der Waals surface area contributed by atoms with Crippen LogP contribution in [0.1, 0.15) is 66.2 Å². The van der Waals surface area contributed by atoms with Crippen molar-refractivity contribution in [3.63, 3.8) is 0 Å². The average Bonchev–Trinajstić information content (AvgIpc) is 2.30. The Morgan fingerprint density at radius 2 is 1.44 bits per heavy atom. The van der Waals surface area contributed by atoms with Gasteiger partial charge in [0, 0.05) is 0 Å². The molecule has 0 rings (SSSR count). The van der Waals surface area contributed by atoms with Crippen LogP contribution in [0, 0.1) is 0 Å². The predicted molar refractivity (Wildman–Crippen MR) is 74.8 cm³/mol. The van der Waals surface area contributed by atoms with Gasteiger partial charge in [-0.05, 0) is 26.2 Å². The molecule has 0 bridgehead atoms. The fourth-order valence-electron chi connectivity index (χ4n) is 1.42. The van der Waals surface area contributed by atoms with Gasteiger partial charge < -0.3 is 0 Å². The van der Waals surface area contributed by atoms with E-state index in [0.29, 0.717) is 13.2 Å². The summed E-state index contributed by atoms with van der Waals surface area (Å²) in [6, 6.07) is 0. The van der Waals surface area contributed by atoms with E-state index in [2.05, 4.69) is 20.8 Å². The molecule has 18 heavy (non-hydrogen) atoms. The highest BCUT2D eigenvalue weighted by Gasteiger charge is 2.28. The molecule has 0 spiro atoms. The molecule has 0 saturated heterocycles. The topological polar surface area (TPSA) is 44.8 Å². The maximum absolute atomic E-state index is 12.4. The Hall–Kier alpha value is 0.110. The normalized spacial score (nSPS) is 13.8. The molecule has 0 amide bonds. The zero-order chi connectivity index (χ0) is 13.9. The molecule has 5 heteroatoms. The zero-order valence-corrected chi connectivity index (χ0v) is 13.2. The van der Waals surface area contributed by atoms with E-state index in [0.717, 1.165) is 38.5 Å². The van der Waals surface area contributed by atoms with Gasteiger partial charge in [0.2, 0.25) is 0 Å². The predicted octanol–water partition coefficient (Wildman–Crippen LogP) is 4.93. The van der Waals surface area contributed by atoms with E-state index in [4.69, 9.17) is 13.6 Å². The fraction of sp³-hybridized carbons (Fsp3) is 1.00. The molecule has 0 radical (unpaired) electrons. The molecular formula is C13H29O4P. The van der Waals surface area contributed by atoms with Crippen LogP contribution in [0.3, 0.4) is 0 Å². The standard InChI is InChI=1S/C13H29O4P/c1-5-8-11-15-18(14,16-12-9-6-2)17-13(4)10-7-3/h13H,5-12H2,1-4H3. The number of hydrogen-bond donors (Lipinski definition) is 0. The molecule has 1 unspecified atom stereocenters. The van der Waals surface area contributed by atoms with E-state index in [9.17, 15) is 4.57 Å². The van der Waals surface area contributed by atoms with Crippen molar-refractivity contribution in [3.05, 3.63) is 0 Å². The van der Waals surface area contributed by atoms with Crippen LogP contribution in [0.4, 0.5) is 0 Å². The monoisotopic (exact) mass is 280 g/mol. The van der Waals surface area contributed by atoms with Crippen LogP contribution in [0.5, 0.6) is 0 Å². The molecule has 0 aliphatic rings. The minimum absolute atomic E-state index is 0.0934. The van der Waals surface area contributed by atoms with Gasteiger partial charge in [-0.2, -0.15) is 0 Å². The van der Waals surface area contributed by atoms with Crippen molar-refractivity contribution in [1.82, 2.24) is 0 Å². The van der Waals surface area contributed by atoms with Gasteiger partial charge in [-0.15, -0.1) is 0 Å². The van der Waals surface area contributed by atoms with Crippen molar-refractivity contribution in [2.24, 2.45) is 0 Å². The first-order valence-corrected chi connectivity index (χ1v) is 8.61. The molecule has 0 aromatic carbocycles. The summed E-state index contributed by atoms with van der Waals surface area (Å²) in [6.07, 6.45) is 5.49. The van der Waals surface area contributed by atoms with E-state index in [1.165, 1.54) is 0 Å². The van der Waals surface area contributed by atoms with Gasteiger partial charge in [-0.3, -0.25) is 13.6 Å². The third-order valence-electron chi connectivity index (χ3n) is 2.50. The van der Waals surface area contributed by atoms with Gasteiger partial charge in [0.25, 0.3) is 0 Å². The summed E-state index contributed by atoms with van der Waals surface area (Å²) in [4.78, 5) is 0. The lowest BCUT2D eigenvalue weighted by Gasteiger charge is -2.21. The zero-order valence-electron chi connectivity index (χ0n) is 12.3. The van der Waals surface area contributed by atoms with Gasteiger partial charge >= 0.3 is 7.82 Å². The molecule has 4 nitrogen and oxygen atoms in total. The molecular weight excluding hydrogens is 251 g/mol. The summed E-state index contributed by atoms with van der Waals surface area (Å²) in [5.41, 5.74) is 0. The van der Waals surface area contributed by atoms with E-state index in [1.807, 2.05) is 6.92 Å². The first-order valence-electron chi connectivity index (χ1n) is 7.15. The second-order valence-electron chi connectivity index (χ2n) is 4.53. The molecule has 0 fully saturated rings. The summed E-state index contributed by atoms with van der Waals surface area (Å²) < 4.78 is 28.6. The molecule has 110 valence electrons. The van der Waals surface area contributed by atoms with Gasteiger partial charge in [0.1, 0.15) is 0 Å². The number of rotatable bonds is 12. The van der Waals surface area contributed by atoms with Gasteiger partial charge in [0.15, 0.2) is 0 Å². The summed E-state index contributed by atoms with van der Waals surface area (Å²) in [7, 11) is -3.36. The minimum Gasteiger partial charge on any atom is -0.287 e. The Balaban J connectivity index is 4.24. The van der Waals surface area contributed by atoms with Gasteiger partial charge in [-0.25, -0.2) is 4.57 Å². The lowest BCUT2D eigenvalue weighted by atomic mass is 10.2. The molecule has 0 saturated carbocycles. The first-order chi connectivity index (χ1) is 8.58. The molecule has 0 aromatic rings. The van der Waals surface area contributed by atoms with Crippen molar-refractivity contribution in [2.75, 3.05) is 13.2 Å². The Bertz CT molecular complexity index is 219. The van der Waals surface area contributed by atoms with E-state index in [-0.39, 0.29) is 6.10 Å². The van der Waals surface area contributed by atoms with E-state index >= 15 is 0 Å². The van der Waals surface area contributed by atoms with Crippen LogP contribution < -0.4 is 0 Å². The summed E-state index contributed by atoms with van der Waals surface area (Å²) in [5.74, 6) is 0. The molecule has 1 atom stereocenters. The SMILES string of the molecule is CCCCOP(=O)(OCCCC)OC(C)CCC. The van der Waals surface area contributed by atoms with Gasteiger partial charge in [0.05, 0.1) is 19.3 Å². The summed E-state index contributed by atoms with van der Waals surface area (Å²) in [6.45, 7) is 8.96. The van der Waals surface area contributed by atoms with Crippen molar-refractivity contribution in [2.45, 2.75) is 72.3 Å².